The summed E-state index contributed by atoms with van der Waals surface area (Å²) in [5.74, 6) is 3.56. The van der Waals surface area contributed by atoms with Crippen LogP contribution in [0.2, 0.25) is 0 Å². The molecule has 0 saturated heterocycles. The lowest BCUT2D eigenvalue weighted by molar-refractivity contribution is 0.244. The highest BCUT2D eigenvalue weighted by Crippen LogP contribution is 2.46. The maximum Gasteiger partial charge on any atom is 0.0698 e. The average Bonchev–Trinajstić information content (AvgIpc) is 3.35. The normalized spacial score (nSPS) is 23.7. The average molecular weight is 523 g/mol. The van der Waals surface area contributed by atoms with Gasteiger partial charge in [-0.1, -0.05) is 153 Å². The number of hydrogen-bond acceptors (Lipinski definition) is 2. The molecule has 38 heavy (non-hydrogen) atoms. The van der Waals surface area contributed by atoms with Gasteiger partial charge in [-0.3, -0.25) is 0 Å². The Morgan fingerprint density at radius 2 is 1.66 bits per heavy atom. The number of hydrogen-bond donors (Lipinski definition) is 0. The van der Waals surface area contributed by atoms with Crippen LogP contribution in [-0.4, -0.2) is 15.0 Å². The first-order valence-electron chi connectivity index (χ1n) is 16.7. The van der Waals surface area contributed by atoms with E-state index in [0.29, 0.717) is 11.5 Å². The Balaban J connectivity index is 1.64. The summed E-state index contributed by atoms with van der Waals surface area (Å²) in [6.45, 7) is 12.0. The second kappa shape index (κ2) is 16.7. The van der Waals surface area contributed by atoms with Gasteiger partial charge in [0.1, 0.15) is 0 Å². The van der Waals surface area contributed by atoms with E-state index in [2.05, 4.69) is 68.8 Å². The Hall–Kier alpha value is -1.38. The van der Waals surface area contributed by atoms with Gasteiger partial charge in [0.15, 0.2) is 0 Å². The van der Waals surface area contributed by atoms with Crippen molar-refractivity contribution in [3.8, 4) is 0 Å². The molecule has 2 atom stereocenters. The minimum atomic E-state index is 0.291. The van der Waals surface area contributed by atoms with Crippen LogP contribution in [-0.2, 0) is 6.42 Å². The summed E-state index contributed by atoms with van der Waals surface area (Å²) in [4.78, 5) is 0. The molecule has 0 amide bonds. The minimum Gasteiger partial charge on any atom is -0.304 e. The van der Waals surface area contributed by atoms with E-state index in [1.165, 1.54) is 127 Å². The topological polar surface area (TPSA) is 30.7 Å². The van der Waals surface area contributed by atoms with Crippen molar-refractivity contribution in [3.63, 3.8) is 0 Å². The van der Waals surface area contributed by atoms with Gasteiger partial charge >= 0.3 is 0 Å². The SMILES string of the molecule is CCCCC(CC)(CC1=CC=C1)[C-](C)Cc1cnnn1C1CCCCCC(C(CC)CCC)CCCCC1. The molecule has 3 nitrogen and oxygen atoms in total. The van der Waals surface area contributed by atoms with E-state index in [4.69, 9.17) is 5.21 Å². The van der Waals surface area contributed by atoms with Crippen molar-refractivity contribution in [2.24, 2.45) is 17.3 Å². The molecule has 216 valence electrons. The van der Waals surface area contributed by atoms with Crippen LogP contribution in [0.25, 0.3) is 0 Å². The molecule has 1 saturated carbocycles. The molecular formula is C35H60N3-. The lowest BCUT2D eigenvalue weighted by Crippen LogP contribution is -2.30. The molecule has 0 N–H and O–H groups in total. The van der Waals surface area contributed by atoms with Crippen molar-refractivity contribution in [3.05, 3.63) is 41.6 Å². The molecule has 3 rings (SSSR count). The van der Waals surface area contributed by atoms with E-state index in [9.17, 15) is 0 Å². The summed E-state index contributed by atoms with van der Waals surface area (Å²) in [6, 6.07) is 0.517. The Morgan fingerprint density at radius 3 is 2.21 bits per heavy atom. The van der Waals surface area contributed by atoms with E-state index in [1.54, 1.807) is 5.92 Å². The van der Waals surface area contributed by atoms with Crippen molar-refractivity contribution in [2.45, 2.75) is 163 Å². The number of aromatic nitrogens is 3. The third kappa shape index (κ3) is 8.82. The zero-order chi connectivity index (χ0) is 27.2. The highest BCUT2D eigenvalue weighted by molar-refractivity contribution is 5.37. The molecule has 2 unspecified atom stereocenters. The second-order valence-electron chi connectivity index (χ2n) is 12.8. The summed E-state index contributed by atoms with van der Waals surface area (Å²) in [7, 11) is 0. The first-order chi connectivity index (χ1) is 18.6. The van der Waals surface area contributed by atoms with Crippen molar-refractivity contribution in [1.82, 2.24) is 15.0 Å². The maximum absolute atomic E-state index is 4.72. The Labute approximate surface area is 236 Å². The monoisotopic (exact) mass is 522 g/mol. The molecule has 0 aromatic carbocycles. The van der Waals surface area contributed by atoms with E-state index in [-0.39, 0.29) is 0 Å². The fourth-order valence-corrected chi connectivity index (χ4v) is 7.55. The van der Waals surface area contributed by atoms with Crippen LogP contribution in [0.15, 0.2) is 30.0 Å². The van der Waals surface area contributed by atoms with Crippen LogP contribution in [0, 0.1) is 23.2 Å². The van der Waals surface area contributed by atoms with Gasteiger partial charge < -0.3 is 5.92 Å². The van der Waals surface area contributed by atoms with Gasteiger partial charge in [-0.15, -0.1) is 16.9 Å². The molecule has 1 fully saturated rings. The van der Waals surface area contributed by atoms with Gasteiger partial charge in [-0.2, -0.15) is 6.92 Å². The van der Waals surface area contributed by atoms with Gasteiger partial charge in [-0.05, 0) is 31.1 Å². The highest BCUT2D eigenvalue weighted by Gasteiger charge is 2.27. The summed E-state index contributed by atoms with van der Waals surface area (Å²) in [6.07, 6.45) is 34.0. The summed E-state index contributed by atoms with van der Waals surface area (Å²) < 4.78 is 2.36. The standard InChI is InChI=1S/C35H60N3/c1-6-10-25-35(9-4,27-30-19-17-20-30)29(5)26-34-28-36-37-38(34)33-23-15-11-13-21-32(22-14-12-16-24-33)31(8-3)18-7-2/h17,19-20,28,31-33H,6-16,18,21-27H2,1-5H3/q-1. The van der Waals surface area contributed by atoms with E-state index in [0.717, 1.165) is 18.3 Å². The molecule has 1 aromatic heterocycles. The molecule has 0 radical (unpaired) electrons. The number of allylic oxidation sites excluding steroid dienone is 4. The fraction of sp³-hybridized carbons (Fsp3) is 0.800. The first-order valence-corrected chi connectivity index (χ1v) is 16.7. The van der Waals surface area contributed by atoms with Crippen LogP contribution in [0.1, 0.15) is 162 Å². The lowest BCUT2D eigenvalue weighted by Gasteiger charge is -2.51. The van der Waals surface area contributed by atoms with Crippen molar-refractivity contribution in [2.75, 3.05) is 0 Å². The predicted octanol–water partition coefficient (Wildman–Crippen LogP) is 10.8. The zero-order valence-electron chi connectivity index (χ0n) is 25.8. The van der Waals surface area contributed by atoms with Crippen molar-refractivity contribution in [1.29, 1.82) is 0 Å². The third-order valence-corrected chi connectivity index (χ3v) is 10.3. The van der Waals surface area contributed by atoms with Crippen molar-refractivity contribution >= 4 is 0 Å². The number of unbranched alkanes of at least 4 members (excludes halogenated alkanes) is 1. The first kappa shape index (κ1) is 31.2. The Morgan fingerprint density at radius 1 is 0.974 bits per heavy atom. The largest absolute Gasteiger partial charge is 0.304 e. The van der Waals surface area contributed by atoms with Crippen LogP contribution in [0.5, 0.6) is 0 Å². The van der Waals surface area contributed by atoms with Gasteiger partial charge in [-0.25, -0.2) is 4.68 Å². The maximum atomic E-state index is 4.72. The Bertz CT molecular complexity index is 822. The minimum absolute atomic E-state index is 0.291. The number of nitrogens with zero attached hydrogens (tertiary/aromatic N) is 3. The molecule has 3 heteroatoms. The van der Waals surface area contributed by atoms with Crippen molar-refractivity contribution < 1.29 is 0 Å². The molecule has 2 aliphatic rings. The lowest BCUT2D eigenvalue weighted by atomic mass is 9.65. The molecule has 2 aliphatic carbocycles. The van der Waals surface area contributed by atoms with Gasteiger partial charge in [0.2, 0.25) is 0 Å². The molecule has 0 spiro atoms. The molecule has 0 bridgehead atoms. The van der Waals surface area contributed by atoms with E-state index >= 15 is 0 Å². The van der Waals surface area contributed by atoms with Crippen LogP contribution < -0.4 is 0 Å². The van der Waals surface area contributed by atoms with Gasteiger partial charge in [0, 0.05) is 5.69 Å². The highest BCUT2D eigenvalue weighted by atomic mass is 15.4. The Kier molecular flexibility index (Phi) is 13.7. The summed E-state index contributed by atoms with van der Waals surface area (Å²) in [5, 5.41) is 9.19. The predicted molar refractivity (Wildman–Crippen MR) is 164 cm³/mol. The molecule has 1 heterocycles. The van der Waals surface area contributed by atoms with Crippen LogP contribution in [0.4, 0.5) is 0 Å². The quantitative estimate of drug-likeness (QED) is 0.227. The number of rotatable bonds is 14. The van der Waals surface area contributed by atoms with Crippen LogP contribution >= 0.6 is 0 Å². The fourth-order valence-electron chi connectivity index (χ4n) is 7.55. The molecule has 1 aromatic rings. The summed E-state index contributed by atoms with van der Waals surface area (Å²) in [5.41, 5.74) is 3.16. The zero-order valence-corrected chi connectivity index (χ0v) is 25.8. The smallest absolute Gasteiger partial charge is 0.0698 e. The van der Waals surface area contributed by atoms with E-state index < -0.39 is 0 Å². The summed E-state index contributed by atoms with van der Waals surface area (Å²) >= 11 is 0. The van der Waals surface area contributed by atoms with E-state index in [1.807, 2.05) is 0 Å². The van der Waals surface area contributed by atoms with Gasteiger partial charge in [0.05, 0.1) is 12.2 Å². The molecule has 0 aliphatic heterocycles. The van der Waals surface area contributed by atoms with Gasteiger partial charge in [0.25, 0.3) is 0 Å². The molecular weight excluding hydrogens is 462 g/mol. The second-order valence-corrected chi connectivity index (χ2v) is 12.8. The third-order valence-electron chi connectivity index (χ3n) is 10.3. The van der Waals surface area contributed by atoms with Crippen LogP contribution in [0.3, 0.4) is 0 Å².